The first-order valence-electron chi connectivity index (χ1n) is 11.8. The Morgan fingerprint density at radius 1 is 1.33 bits per heavy atom. The van der Waals surface area contributed by atoms with E-state index in [2.05, 4.69) is 20.4 Å². The van der Waals surface area contributed by atoms with Gasteiger partial charge in [0.1, 0.15) is 29.1 Å². The molecule has 2 aromatic heterocycles. The molecule has 0 spiro atoms. The van der Waals surface area contributed by atoms with Crippen LogP contribution in [-0.4, -0.2) is 79.5 Å². The first kappa shape index (κ1) is 28.5. The third-order valence-electron chi connectivity index (χ3n) is 6.23. The molecule has 0 bridgehead atoms. The van der Waals surface area contributed by atoms with Crippen molar-refractivity contribution in [2.45, 2.75) is 37.0 Å². The number of thioether (sulfide) groups is 2. The number of nitrogens with zero attached hydrogens (tertiary/aromatic N) is 5. The summed E-state index contributed by atoms with van der Waals surface area (Å²) in [6, 6.07) is -0.856. The van der Waals surface area contributed by atoms with Gasteiger partial charge in [-0.1, -0.05) is 21.9 Å². The number of β-lactam (4-membered cyclic amide) rings is 1. The molecule has 18 heteroatoms. The predicted octanol–water partition coefficient (Wildman–Crippen LogP) is -0.822. The lowest BCUT2D eigenvalue weighted by Gasteiger charge is -2.53. The fraction of sp³-hybridized carbons (Fsp3) is 0.476. The molecular formula is C21H29N10O5S3+. The standard InChI is InChI=1S/C21H28N10O5S3/c1-3-30-14(24)10(22)13(23)28-20(30)39-8-21(18(34)35)6-31-16(33)12(17(31)38-7-21)27-15(32)11(29-36-4-2)9-5-37-19(25)26-9/h5,12,17H,3-4,6-8H2,1-2H3,(H9,22,23,24,25,26,27,29,32,34,35)/p+1/t12?,17-,21?/m1/s1. The van der Waals surface area contributed by atoms with E-state index in [9.17, 15) is 19.5 Å². The van der Waals surface area contributed by atoms with Gasteiger partial charge < -0.3 is 43.1 Å². The summed E-state index contributed by atoms with van der Waals surface area (Å²) >= 11 is 3.60. The number of aromatic nitrogens is 3. The summed E-state index contributed by atoms with van der Waals surface area (Å²) < 4.78 is 1.66. The zero-order valence-corrected chi connectivity index (χ0v) is 23.6. The Morgan fingerprint density at radius 2 is 2.08 bits per heavy atom. The average molecular weight is 598 g/mol. The summed E-state index contributed by atoms with van der Waals surface area (Å²) in [5.41, 5.74) is 22.5. The Balaban J connectivity index is 1.47. The highest BCUT2D eigenvalue weighted by molar-refractivity contribution is 8.00. The number of nitrogens with one attached hydrogen (secondary N) is 1. The highest BCUT2D eigenvalue weighted by Crippen LogP contribution is 2.44. The second-order valence-electron chi connectivity index (χ2n) is 8.74. The third kappa shape index (κ3) is 5.35. The Labute approximate surface area is 235 Å². The third-order valence-corrected chi connectivity index (χ3v) is 9.76. The molecule has 4 heterocycles. The maximum atomic E-state index is 13.1. The quantitative estimate of drug-likeness (QED) is 0.0490. The molecule has 0 aromatic carbocycles. The lowest BCUT2D eigenvalue weighted by molar-refractivity contribution is -0.719. The van der Waals surface area contributed by atoms with E-state index >= 15 is 0 Å². The van der Waals surface area contributed by atoms with Crippen molar-refractivity contribution in [1.82, 2.24) is 20.2 Å². The molecule has 0 aliphatic carbocycles. The molecule has 10 N–H and O–H groups in total. The molecule has 0 radical (unpaired) electrons. The van der Waals surface area contributed by atoms with Gasteiger partial charge in [-0.25, -0.2) is 9.55 Å². The van der Waals surface area contributed by atoms with Crippen molar-refractivity contribution in [3.63, 3.8) is 0 Å². The molecule has 15 nitrogen and oxygen atoms in total. The van der Waals surface area contributed by atoms with Gasteiger partial charge in [0, 0.05) is 23.4 Å². The number of hydrogen-bond donors (Lipinski definition) is 6. The SMILES string of the molecule is CCON=C(C(=O)NC1C(=O)N2CC(CSc3nc(N)c(N)c(N)[n+]3CC)(C(=O)O)CS[C@H]12)c1csc(N)n1. The van der Waals surface area contributed by atoms with Crippen molar-refractivity contribution in [2.24, 2.45) is 10.6 Å². The fourth-order valence-electron chi connectivity index (χ4n) is 4.07. The number of carboxylic acids is 1. The zero-order chi connectivity index (χ0) is 28.5. The number of carboxylic acid groups (broad SMARTS) is 1. The van der Waals surface area contributed by atoms with E-state index in [-0.39, 0.29) is 58.5 Å². The summed E-state index contributed by atoms with van der Waals surface area (Å²) in [6.07, 6.45) is 0. The number of fused-ring (bicyclic) bond motifs is 1. The number of rotatable bonds is 10. The van der Waals surface area contributed by atoms with Gasteiger partial charge >= 0.3 is 11.1 Å². The molecule has 2 aliphatic rings. The van der Waals surface area contributed by atoms with Gasteiger partial charge in [0.15, 0.2) is 16.5 Å². The summed E-state index contributed by atoms with van der Waals surface area (Å²) in [5, 5.41) is 18.5. The first-order valence-corrected chi connectivity index (χ1v) is 14.7. The Kier molecular flexibility index (Phi) is 8.26. The van der Waals surface area contributed by atoms with Gasteiger partial charge in [0.25, 0.3) is 5.91 Å². The molecule has 0 saturated carbocycles. The van der Waals surface area contributed by atoms with Crippen LogP contribution >= 0.6 is 34.9 Å². The predicted molar refractivity (Wildman–Crippen MR) is 149 cm³/mol. The lowest BCUT2D eigenvalue weighted by atomic mass is 9.89. The van der Waals surface area contributed by atoms with Gasteiger partial charge in [-0.3, -0.25) is 14.4 Å². The first-order chi connectivity index (χ1) is 18.5. The van der Waals surface area contributed by atoms with E-state index in [1.165, 1.54) is 28.4 Å². The number of nitrogens with two attached hydrogens (primary N) is 4. The maximum absolute atomic E-state index is 13.1. The molecule has 2 aliphatic heterocycles. The van der Waals surface area contributed by atoms with E-state index in [1.54, 1.807) is 16.9 Å². The monoisotopic (exact) mass is 597 g/mol. The number of hydrogen-bond acceptors (Lipinski definition) is 14. The van der Waals surface area contributed by atoms with Gasteiger partial charge in [-0.2, -0.15) is 0 Å². The minimum absolute atomic E-state index is 0.0349. The number of amides is 2. The van der Waals surface area contributed by atoms with Crippen LogP contribution in [-0.2, 0) is 25.8 Å². The topological polar surface area (TPSA) is 242 Å². The van der Waals surface area contributed by atoms with E-state index in [0.29, 0.717) is 11.7 Å². The van der Waals surface area contributed by atoms with Crippen molar-refractivity contribution in [1.29, 1.82) is 0 Å². The summed E-state index contributed by atoms with van der Waals surface area (Å²) in [6.45, 7) is 4.21. The fourth-order valence-corrected chi connectivity index (χ4v) is 7.55. The van der Waals surface area contributed by atoms with Crippen LogP contribution in [0.4, 0.5) is 22.5 Å². The molecular weight excluding hydrogens is 568 g/mol. The van der Waals surface area contributed by atoms with E-state index in [0.717, 1.165) is 11.3 Å². The Morgan fingerprint density at radius 3 is 2.69 bits per heavy atom. The lowest BCUT2D eigenvalue weighted by Crippen LogP contribution is -2.74. The number of aliphatic carboxylic acids is 1. The van der Waals surface area contributed by atoms with Crippen molar-refractivity contribution in [3.8, 4) is 0 Å². The van der Waals surface area contributed by atoms with Crippen molar-refractivity contribution < 1.29 is 28.9 Å². The van der Waals surface area contributed by atoms with Gasteiger partial charge in [-0.05, 0) is 13.8 Å². The van der Waals surface area contributed by atoms with E-state index < -0.39 is 34.6 Å². The van der Waals surface area contributed by atoms with Crippen LogP contribution in [0.2, 0.25) is 0 Å². The highest BCUT2D eigenvalue weighted by atomic mass is 32.2. The van der Waals surface area contributed by atoms with Crippen LogP contribution in [0.25, 0.3) is 0 Å². The van der Waals surface area contributed by atoms with Gasteiger partial charge in [-0.15, -0.1) is 23.1 Å². The second-order valence-corrected chi connectivity index (χ2v) is 11.7. The van der Waals surface area contributed by atoms with Gasteiger partial charge in [0.2, 0.25) is 17.5 Å². The largest absolute Gasteiger partial charge is 0.481 e. The maximum Gasteiger partial charge on any atom is 0.313 e. The Bertz CT molecular complexity index is 1340. The van der Waals surface area contributed by atoms with Crippen LogP contribution < -0.4 is 32.8 Å². The highest BCUT2D eigenvalue weighted by Gasteiger charge is 2.57. The molecule has 4 rings (SSSR count). The van der Waals surface area contributed by atoms with Crippen molar-refractivity contribution >= 4 is 80.8 Å². The smallest absolute Gasteiger partial charge is 0.313 e. The Hall–Kier alpha value is -3.51. The molecule has 2 saturated heterocycles. The summed E-state index contributed by atoms with van der Waals surface area (Å²) in [7, 11) is 0. The van der Waals surface area contributed by atoms with E-state index in [4.69, 9.17) is 27.8 Å². The van der Waals surface area contributed by atoms with E-state index in [1.807, 2.05) is 6.92 Å². The molecule has 2 fully saturated rings. The molecule has 2 aromatic rings. The van der Waals surface area contributed by atoms with Crippen LogP contribution in [0.1, 0.15) is 19.5 Å². The molecule has 210 valence electrons. The van der Waals surface area contributed by atoms with Gasteiger partial charge in [0.05, 0.1) is 6.54 Å². The summed E-state index contributed by atoms with van der Waals surface area (Å²) in [4.78, 5) is 53.4. The molecule has 2 amide bonds. The number of oxime groups is 1. The number of anilines is 4. The zero-order valence-electron chi connectivity index (χ0n) is 21.1. The molecule has 39 heavy (non-hydrogen) atoms. The molecule has 2 unspecified atom stereocenters. The van der Waals surface area contributed by atoms with Crippen LogP contribution in [0.3, 0.4) is 0 Å². The average Bonchev–Trinajstić information content (AvgIpc) is 3.34. The van der Waals surface area contributed by atoms with Crippen molar-refractivity contribution in [2.75, 3.05) is 47.6 Å². The summed E-state index contributed by atoms with van der Waals surface area (Å²) in [5.74, 6) is -1.47. The number of thiazole rings is 1. The number of carbonyl (C=O) groups is 3. The number of carbonyl (C=O) groups excluding carboxylic acids is 2. The van der Waals surface area contributed by atoms with Crippen LogP contribution in [0.5, 0.6) is 0 Å². The minimum atomic E-state index is -1.27. The molecule has 3 atom stereocenters. The van der Waals surface area contributed by atoms with Crippen molar-refractivity contribution in [3.05, 3.63) is 11.1 Å². The number of nitrogen functional groups attached to an aromatic ring is 4. The van der Waals surface area contributed by atoms with Crippen LogP contribution in [0.15, 0.2) is 15.7 Å². The normalized spacial score (nSPS) is 22.7. The second kappa shape index (κ2) is 11.3. The van der Waals surface area contributed by atoms with Crippen LogP contribution in [0, 0.1) is 5.41 Å². The minimum Gasteiger partial charge on any atom is -0.481 e.